The summed E-state index contributed by atoms with van der Waals surface area (Å²) in [5.74, 6) is -1.35. The lowest BCUT2D eigenvalue weighted by Crippen LogP contribution is -2.41. The molecule has 0 fully saturated rings. The maximum atomic E-state index is 11.7. The molecule has 0 aromatic heterocycles. The molecule has 1 unspecified atom stereocenters. The van der Waals surface area contributed by atoms with Crippen molar-refractivity contribution in [2.75, 3.05) is 12.9 Å². The van der Waals surface area contributed by atoms with Gasteiger partial charge in [-0.2, -0.15) is 0 Å². The van der Waals surface area contributed by atoms with E-state index in [1.165, 1.54) is 0 Å². The van der Waals surface area contributed by atoms with E-state index in [4.69, 9.17) is 9.47 Å². The Labute approximate surface area is 106 Å². The Morgan fingerprint density at radius 1 is 1.38 bits per heavy atom. The highest BCUT2D eigenvalue weighted by Crippen LogP contribution is 2.31. The molecule has 0 rings (SSSR count). The smallest absolute Gasteiger partial charge is 0.344 e. The molecule has 0 aliphatic heterocycles. The molecule has 0 N–H and O–H groups in total. The monoisotopic (exact) mass is 266 g/mol. The summed E-state index contributed by atoms with van der Waals surface area (Å²) in [6.07, 6.45) is 2.02. The van der Waals surface area contributed by atoms with Crippen LogP contribution in [0.25, 0.3) is 0 Å². The first-order chi connectivity index (χ1) is 7.38. The Kier molecular flexibility index (Phi) is 6.90. The fourth-order valence-corrected chi connectivity index (χ4v) is 1.39. The third kappa shape index (κ3) is 4.25. The van der Waals surface area contributed by atoms with E-state index in [0.717, 1.165) is 11.8 Å². The van der Waals surface area contributed by atoms with E-state index < -0.39 is 16.0 Å². The standard InChI is InChI=1S/C10H18O4S2/c1-5-6-13-8(11)10(15,16-4)9(12)14-7(2)3/h7,15H,5-6H2,1-4H3. The molecule has 4 nitrogen and oxygen atoms in total. The summed E-state index contributed by atoms with van der Waals surface area (Å²) in [6, 6.07) is 0. The van der Waals surface area contributed by atoms with E-state index in [9.17, 15) is 9.59 Å². The number of carbonyl (C=O) groups is 2. The zero-order chi connectivity index (χ0) is 12.8. The van der Waals surface area contributed by atoms with Gasteiger partial charge in [-0.25, -0.2) is 9.59 Å². The summed E-state index contributed by atoms with van der Waals surface area (Å²) in [5.41, 5.74) is 0. The highest BCUT2D eigenvalue weighted by molar-refractivity contribution is 8.13. The van der Waals surface area contributed by atoms with Crippen LogP contribution in [0.3, 0.4) is 0 Å². The SMILES string of the molecule is CCCOC(=O)C(S)(SC)C(=O)OC(C)C. The second-order valence-corrected chi connectivity index (χ2v) is 5.43. The van der Waals surface area contributed by atoms with Crippen LogP contribution in [0.15, 0.2) is 0 Å². The Balaban J connectivity index is 4.62. The summed E-state index contributed by atoms with van der Waals surface area (Å²) >= 11 is 5.07. The van der Waals surface area contributed by atoms with Crippen LogP contribution in [-0.2, 0) is 19.1 Å². The predicted octanol–water partition coefficient (Wildman–Crippen LogP) is 1.88. The molecule has 1 atom stereocenters. The van der Waals surface area contributed by atoms with Crippen molar-refractivity contribution in [1.29, 1.82) is 0 Å². The Hall–Kier alpha value is -0.360. The number of hydrogen-bond acceptors (Lipinski definition) is 6. The maximum absolute atomic E-state index is 11.7. The van der Waals surface area contributed by atoms with Gasteiger partial charge in [0.05, 0.1) is 12.7 Å². The number of rotatable bonds is 6. The maximum Gasteiger partial charge on any atom is 0.344 e. The van der Waals surface area contributed by atoms with Crippen molar-refractivity contribution in [2.45, 2.75) is 37.4 Å². The van der Waals surface area contributed by atoms with E-state index in [1.807, 2.05) is 6.92 Å². The number of carbonyl (C=O) groups excluding carboxylic acids is 2. The lowest BCUT2D eigenvalue weighted by atomic mass is 10.4. The molecule has 0 heterocycles. The topological polar surface area (TPSA) is 52.6 Å². The van der Waals surface area contributed by atoms with Gasteiger partial charge >= 0.3 is 11.9 Å². The molecule has 0 radical (unpaired) electrons. The van der Waals surface area contributed by atoms with E-state index in [2.05, 4.69) is 12.6 Å². The number of ether oxygens (including phenoxy) is 2. The average Bonchev–Trinajstić information content (AvgIpc) is 2.23. The quantitative estimate of drug-likeness (QED) is 0.344. The van der Waals surface area contributed by atoms with Crippen molar-refractivity contribution >= 4 is 36.3 Å². The fourth-order valence-electron chi connectivity index (χ4n) is 0.837. The van der Waals surface area contributed by atoms with Gasteiger partial charge in [0.25, 0.3) is 4.08 Å². The molecular formula is C10H18O4S2. The van der Waals surface area contributed by atoms with Crippen molar-refractivity contribution < 1.29 is 19.1 Å². The first-order valence-electron chi connectivity index (χ1n) is 5.04. The normalized spacial score (nSPS) is 14.4. The molecule has 0 saturated carbocycles. The third-order valence-electron chi connectivity index (χ3n) is 1.63. The van der Waals surface area contributed by atoms with Gasteiger partial charge in [-0.15, -0.1) is 24.4 Å². The molecule has 0 aliphatic carbocycles. The molecule has 16 heavy (non-hydrogen) atoms. The average molecular weight is 266 g/mol. The number of hydrogen-bond donors (Lipinski definition) is 1. The lowest BCUT2D eigenvalue weighted by molar-refractivity contribution is -0.157. The molecule has 0 aromatic rings. The predicted molar refractivity (Wildman–Crippen MR) is 67.7 cm³/mol. The third-order valence-corrected chi connectivity index (χ3v) is 3.47. The summed E-state index contributed by atoms with van der Waals surface area (Å²) in [7, 11) is 0. The minimum absolute atomic E-state index is 0.274. The summed E-state index contributed by atoms with van der Waals surface area (Å²) in [5, 5.41) is 0. The van der Waals surface area contributed by atoms with Crippen molar-refractivity contribution in [3.8, 4) is 0 Å². The van der Waals surface area contributed by atoms with Crippen LogP contribution in [0.2, 0.25) is 0 Å². The van der Waals surface area contributed by atoms with Gasteiger partial charge in [0.2, 0.25) is 0 Å². The zero-order valence-corrected chi connectivity index (χ0v) is 11.7. The van der Waals surface area contributed by atoms with Gasteiger partial charge in [-0.05, 0) is 26.5 Å². The van der Waals surface area contributed by atoms with Gasteiger partial charge in [0.1, 0.15) is 0 Å². The largest absolute Gasteiger partial charge is 0.464 e. The van der Waals surface area contributed by atoms with Gasteiger partial charge in [0, 0.05) is 0 Å². The van der Waals surface area contributed by atoms with Crippen LogP contribution in [0.5, 0.6) is 0 Å². The first kappa shape index (κ1) is 15.6. The van der Waals surface area contributed by atoms with Crippen LogP contribution in [-0.4, -0.2) is 35.0 Å². The molecule has 0 spiro atoms. The molecular weight excluding hydrogens is 248 g/mol. The second kappa shape index (κ2) is 7.06. The molecule has 0 aliphatic rings. The van der Waals surface area contributed by atoms with Gasteiger partial charge in [0.15, 0.2) is 0 Å². The second-order valence-electron chi connectivity index (χ2n) is 3.44. The minimum atomic E-state index is -1.57. The van der Waals surface area contributed by atoms with Crippen LogP contribution < -0.4 is 0 Å². The summed E-state index contributed by atoms with van der Waals surface area (Å²) < 4.78 is 8.31. The Morgan fingerprint density at radius 2 is 1.94 bits per heavy atom. The molecule has 6 heteroatoms. The van der Waals surface area contributed by atoms with Crippen LogP contribution in [0.4, 0.5) is 0 Å². The van der Waals surface area contributed by atoms with Crippen molar-refractivity contribution in [2.24, 2.45) is 0 Å². The fraction of sp³-hybridized carbons (Fsp3) is 0.800. The van der Waals surface area contributed by atoms with Crippen molar-refractivity contribution in [3.63, 3.8) is 0 Å². The number of thioether (sulfide) groups is 1. The van der Waals surface area contributed by atoms with Gasteiger partial charge in [-0.3, -0.25) is 0 Å². The van der Waals surface area contributed by atoms with Crippen molar-refractivity contribution in [3.05, 3.63) is 0 Å². The van der Waals surface area contributed by atoms with Crippen molar-refractivity contribution in [1.82, 2.24) is 0 Å². The molecule has 0 bridgehead atoms. The van der Waals surface area contributed by atoms with Crippen LogP contribution in [0.1, 0.15) is 27.2 Å². The first-order valence-corrected chi connectivity index (χ1v) is 6.71. The highest BCUT2D eigenvalue weighted by Gasteiger charge is 2.45. The van der Waals surface area contributed by atoms with Crippen LogP contribution in [0, 0.1) is 0 Å². The Morgan fingerprint density at radius 3 is 2.31 bits per heavy atom. The molecule has 0 saturated heterocycles. The van der Waals surface area contributed by atoms with E-state index >= 15 is 0 Å². The van der Waals surface area contributed by atoms with Gasteiger partial charge < -0.3 is 9.47 Å². The zero-order valence-electron chi connectivity index (χ0n) is 9.98. The highest BCUT2D eigenvalue weighted by atomic mass is 32.2. The number of thiol groups is 1. The van der Waals surface area contributed by atoms with E-state index in [-0.39, 0.29) is 12.7 Å². The van der Waals surface area contributed by atoms with E-state index in [1.54, 1.807) is 20.1 Å². The summed E-state index contributed by atoms with van der Waals surface area (Å²) in [4.78, 5) is 23.3. The number of esters is 2. The lowest BCUT2D eigenvalue weighted by Gasteiger charge is -2.23. The molecule has 94 valence electrons. The van der Waals surface area contributed by atoms with E-state index in [0.29, 0.717) is 6.42 Å². The molecule has 0 amide bonds. The Bertz CT molecular complexity index is 255. The molecule has 0 aromatic carbocycles. The van der Waals surface area contributed by atoms with Gasteiger partial charge in [-0.1, -0.05) is 6.92 Å². The minimum Gasteiger partial charge on any atom is -0.464 e. The van der Waals surface area contributed by atoms with Crippen LogP contribution >= 0.6 is 24.4 Å². The summed E-state index contributed by atoms with van der Waals surface area (Å²) in [6.45, 7) is 5.57.